The molecule has 1 aromatic carbocycles. The van der Waals surface area contributed by atoms with E-state index in [0.29, 0.717) is 30.1 Å². The Morgan fingerprint density at radius 1 is 1.31 bits per heavy atom. The van der Waals surface area contributed by atoms with Gasteiger partial charge in [0.2, 0.25) is 5.91 Å². The molecule has 3 rings (SSSR count). The minimum atomic E-state index is -0.507. The lowest BCUT2D eigenvalue weighted by Gasteiger charge is -2.26. The highest BCUT2D eigenvalue weighted by Gasteiger charge is 2.27. The largest absolute Gasteiger partial charge is 0.456 e. The lowest BCUT2D eigenvalue weighted by molar-refractivity contribution is -0.150. The van der Waals surface area contributed by atoms with Gasteiger partial charge in [-0.3, -0.25) is 14.4 Å². The number of nitrogens with one attached hydrogen (secondary N) is 1. The number of ether oxygens (including phenoxy) is 1. The van der Waals surface area contributed by atoms with Crippen LogP contribution in [0.2, 0.25) is 0 Å². The standard InChI is InChI=1S/C21H19N3O4S/c1-14(25)28-13-20(27)24-10-9-16-17(11-22)21(29-18(16)12-24)23-19(26)8-7-15-5-3-2-4-6-15/h2-8H,9-10,12-13H2,1H3,(H,23,26)/b8-7+. The lowest BCUT2D eigenvalue weighted by atomic mass is 10.0. The summed E-state index contributed by atoms with van der Waals surface area (Å²) >= 11 is 1.29. The molecule has 2 aromatic rings. The number of nitrogens with zero attached hydrogens (tertiary/aromatic N) is 2. The third-order valence-electron chi connectivity index (χ3n) is 4.38. The predicted molar refractivity (Wildman–Crippen MR) is 109 cm³/mol. The van der Waals surface area contributed by atoms with Crippen LogP contribution in [0.5, 0.6) is 0 Å². The van der Waals surface area contributed by atoms with Crippen LogP contribution in [-0.2, 0) is 32.1 Å². The van der Waals surface area contributed by atoms with Gasteiger partial charge in [-0.1, -0.05) is 30.3 Å². The molecular weight excluding hydrogens is 390 g/mol. The van der Waals surface area contributed by atoms with Crippen molar-refractivity contribution >= 4 is 40.2 Å². The Hall–Kier alpha value is -3.44. The van der Waals surface area contributed by atoms with Crippen molar-refractivity contribution in [2.45, 2.75) is 19.9 Å². The normalized spacial score (nSPS) is 12.9. The second-order valence-corrected chi connectivity index (χ2v) is 7.50. The van der Waals surface area contributed by atoms with E-state index in [4.69, 9.17) is 4.74 Å². The number of benzene rings is 1. The zero-order valence-electron chi connectivity index (χ0n) is 15.8. The maximum absolute atomic E-state index is 12.3. The number of fused-ring (bicyclic) bond motifs is 1. The van der Waals surface area contributed by atoms with Gasteiger partial charge in [0.05, 0.1) is 12.1 Å². The molecule has 1 aliphatic heterocycles. The fourth-order valence-electron chi connectivity index (χ4n) is 2.97. The quantitative estimate of drug-likeness (QED) is 0.605. The number of esters is 1. The van der Waals surface area contributed by atoms with Crippen LogP contribution >= 0.6 is 11.3 Å². The zero-order valence-corrected chi connectivity index (χ0v) is 16.6. The maximum Gasteiger partial charge on any atom is 0.303 e. The van der Waals surface area contributed by atoms with Crippen LogP contribution in [0.4, 0.5) is 5.00 Å². The Morgan fingerprint density at radius 3 is 2.76 bits per heavy atom. The molecule has 148 valence electrons. The molecule has 0 saturated heterocycles. The van der Waals surface area contributed by atoms with Crippen LogP contribution in [-0.4, -0.2) is 35.8 Å². The van der Waals surface area contributed by atoms with E-state index in [1.54, 1.807) is 11.0 Å². The molecule has 2 heterocycles. The van der Waals surface area contributed by atoms with E-state index in [9.17, 15) is 19.6 Å². The molecule has 0 bridgehead atoms. The zero-order chi connectivity index (χ0) is 20.8. The second-order valence-electron chi connectivity index (χ2n) is 6.40. The first-order valence-corrected chi connectivity index (χ1v) is 9.79. The van der Waals surface area contributed by atoms with E-state index >= 15 is 0 Å². The van der Waals surface area contributed by atoms with Crippen molar-refractivity contribution in [3.63, 3.8) is 0 Å². The van der Waals surface area contributed by atoms with Crippen molar-refractivity contribution in [2.24, 2.45) is 0 Å². The van der Waals surface area contributed by atoms with Crippen molar-refractivity contribution < 1.29 is 19.1 Å². The first-order valence-electron chi connectivity index (χ1n) is 8.98. The minimum absolute atomic E-state index is 0.283. The van der Waals surface area contributed by atoms with Gasteiger partial charge in [0.15, 0.2) is 6.61 Å². The highest BCUT2D eigenvalue weighted by Crippen LogP contribution is 2.36. The summed E-state index contributed by atoms with van der Waals surface area (Å²) in [5.41, 5.74) is 2.20. The molecule has 0 aliphatic carbocycles. The summed E-state index contributed by atoms with van der Waals surface area (Å²) in [5, 5.41) is 12.8. The molecule has 0 saturated carbocycles. The van der Waals surface area contributed by atoms with Crippen LogP contribution in [0.3, 0.4) is 0 Å². The average molecular weight is 409 g/mol. The summed E-state index contributed by atoms with van der Waals surface area (Å²) in [5.74, 6) is -1.12. The number of nitriles is 1. The van der Waals surface area contributed by atoms with Crippen molar-refractivity contribution in [3.05, 3.63) is 58.0 Å². The van der Waals surface area contributed by atoms with Gasteiger partial charge in [0.1, 0.15) is 11.1 Å². The third-order valence-corrected chi connectivity index (χ3v) is 5.52. The van der Waals surface area contributed by atoms with E-state index in [0.717, 1.165) is 16.0 Å². The van der Waals surface area contributed by atoms with Crippen molar-refractivity contribution in [1.29, 1.82) is 5.26 Å². The van der Waals surface area contributed by atoms with E-state index in [1.165, 1.54) is 24.3 Å². The average Bonchev–Trinajstić information content (AvgIpc) is 3.07. The van der Waals surface area contributed by atoms with Gasteiger partial charge in [0.25, 0.3) is 5.91 Å². The summed E-state index contributed by atoms with van der Waals surface area (Å²) < 4.78 is 4.77. The number of thiophene rings is 1. The van der Waals surface area contributed by atoms with Gasteiger partial charge in [-0.05, 0) is 23.6 Å². The highest BCUT2D eigenvalue weighted by molar-refractivity contribution is 7.16. The summed E-state index contributed by atoms with van der Waals surface area (Å²) in [6.07, 6.45) is 3.63. The van der Waals surface area contributed by atoms with Crippen LogP contribution in [0, 0.1) is 11.3 Å². The molecule has 0 unspecified atom stereocenters. The summed E-state index contributed by atoms with van der Waals surface area (Å²) in [4.78, 5) is 37.8. The Kier molecular flexibility index (Phi) is 6.42. The van der Waals surface area contributed by atoms with Gasteiger partial charge < -0.3 is 15.0 Å². The summed E-state index contributed by atoms with van der Waals surface area (Å²) in [6, 6.07) is 11.6. The molecule has 1 aliphatic rings. The van der Waals surface area contributed by atoms with Crippen molar-refractivity contribution in [2.75, 3.05) is 18.5 Å². The molecule has 7 nitrogen and oxygen atoms in total. The van der Waals surface area contributed by atoms with Crippen LogP contribution in [0.25, 0.3) is 6.08 Å². The number of anilines is 1. The Morgan fingerprint density at radius 2 is 2.07 bits per heavy atom. The molecule has 1 N–H and O–H groups in total. The molecule has 0 atom stereocenters. The molecule has 0 spiro atoms. The molecule has 8 heteroatoms. The van der Waals surface area contributed by atoms with Gasteiger partial charge >= 0.3 is 5.97 Å². The fourth-order valence-corrected chi connectivity index (χ4v) is 4.18. The van der Waals surface area contributed by atoms with E-state index < -0.39 is 5.97 Å². The number of carbonyl (C=O) groups is 3. The van der Waals surface area contributed by atoms with Crippen molar-refractivity contribution in [1.82, 2.24) is 4.90 Å². The molecule has 2 amide bonds. The van der Waals surface area contributed by atoms with Gasteiger partial charge in [0, 0.05) is 24.4 Å². The number of carbonyl (C=O) groups excluding carboxylic acids is 3. The van der Waals surface area contributed by atoms with Gasteiger partial charge in [-0.2, -0.15) is 5.26 Å². The van der Waals surface area contributed by atoms with Gasteiger partial charge in [-0.25, -0.2) is 0 Å². The molecular formula is C21H19N3O4S. The molecule has 0 fully saturated rings. The SMILES string of the molecule is CC(=O)OCC(=O)N1CCc2c(sc(NC(=O)/C=C/c3ccccc3)c2C#N)C1. The van der Waals surface area contributed by atoms with Crippen LogP contribution in [0.1, 0.15) is 28.5 Å². The smallest absolute Gasteiger partial charge is 0.303 e. The second kappa shape index (κ2) is 9.17. The predicted octanol–water partition coefficient (Wildman–Crippen LogP) is 2.72. The Labute approximate surface area is 172 Å². The number of amides is 2. The first kappa shape index (κ1) is 20.3. The summed E-state index contributed by atoms with van der Waals surface area (Å²) in [7, 11) is 0. The first-order chi connectivity index (χ1) is 14.0. The van der Waals surface area contributed by atoms with Crippen LogP contribution in [0.15, 0.2) is 36.4 Å². The van der Waals surface area contributed by atoms with E-state index in [-0.39, 0.29) is 18.4 Å². The Balaban J connectivity index is 1.70. The Bertz CT molecular complexity index is 1000. The van der Waals surface area contributed by atoms with Gasteiger partial charge in [-0.15, -0.1) is 11.3 Å². The van der Waals surface area contributed by atoms with Crippen molar-refractivity contribution in [3.8, 4) is 6.07 Å². The third kappa shape index (κ3) is 5.09. The van der Waals surface area contributed by atoms with Crippen LogP contribution < -0.4 is 5.32 Å². The number of hydrogen-bond donors (Lipinski definition) is 1. The highest BCUT2D eigenvalue weighted by atomic mass is 32.1. The monoisotopic (exact) mass is 409 g/mol. The topological polar surface area (TPSA) is 99.5 Å². The fraction of sp³-hybridized carbons (Fsp3) is 0.238. The molecule has 1 aromatic heterocycles. The maximum atomic E-state index is 12.3. The van der Waals surface area contributed by atoms with E-state index in [1.807, 2.05) is 30.3 Å². The minimum Gasteiger partial charge on any atom is -0.456 e. The lowest BCUT2D eigenvalue weighted by Crippen LogP contribution is -2.38. The molecule has 29 heavy (non-hydrogen) atoms. The number of rotatable bonds is 5. The van der Waals surface area contributed by atoms with E-state index in [2.05, 4.69) is 11.4 Å². The number of hydrogen-bond acceptors (Lipinski definition) is 6. The molecule has 0 radical (unpaired) electrons. The summed E-state index contributed by atoms with van der Waals surface area (Å²) in [6.45, 7) is 1.71.